The molecule has 1 aliphatic rings. The predicted octanol–water partition coefficient (Wildman–Crippen LogP) is 0.647. The van der Waals surface area contributed by atoms with E-state index in [-0.39, 0.29) is 23.2 Å². The third-order valence-corrected chi connectivity index (χ3v) is 2.61. The summed E-state index contributed by atoms with van der Waals surface area (Å²) in [6, 6.07) is 0. The molecular weight excluding hydrogens is 210 g/mol. The van der Waals surface area contributed by atoms with Crippen LogP contribution in [0.2, 0.25) is 0 Å². The molecule has 1 aromatic heterocycles. The lowest BCUT2D eigenvalue weighted by molar-refractivity contribution is -0.117. The summed E-state index contributed by atoms with van der Waals surface area (Å²) < 4.78 is 0. The van der Waals surface area contributed by atoms with Crippen LogP contribution in [0.25, 0.3) is 0 Å². The van der Waals surface area contributed by atoms with Crippen molar-refractivity contribution >= 4 is 17.7 Å². The number of anilines is 1. The van der Waals surface area contributed by atoms with E-state index in [0.29, 0.717) is 13.0 Å². The van der Waals surface area contributed by atoms with Gasteiger partial charge in [-0.15, -0.1) is 6.58 Å². The number of nitrogens with zero attached hydrogens (tertiary/aromatic N) is 2. The van der Waals surface area contributed by atoms with Crippen molar-refractivity contribution in [3.63, 3.8) is 0 Å². The quantitative estimate of drug-likeness (QED) is 0.733. The van der Waals surface area contributed by atoms with Gasteiger partial charge in [0.25, 0.3) is 0 Å². The van der Waals surface area contributed by atoms with Crippen LogP contribution in [0, 0.1) is 5.92 Å². The van der Waals surface area contributed by atoms with Crippen LogP contribution in [0.15, 0.2) is 18.9 Å². The average molecular weight is 221 g/mol. The van der Waals surface area contributed by atoms with Crippen LogP contribution in [-0.2, 0) is 4.79 Å². The maximum atomic E-state index is 11.7. The second-order valence-corrected chi connectivity index (χ2v) is 3.64. The summed E-state index contributed by atoms with van der Waals surface area (Å²) in [5, 5.41) is 15.1. The minimum absolute atomic E-state index is 0.0121. The van der Waals surface area contributed by atoms with E-state index >= 15 is 0 Å². The monoisotopic (exact) mass is 221 g/mol. The molecular formula is C10H11N3O3. The number of aromatic amines is 1. The first-order valence-corrected chi connectivity index (χ1v) is 4.83. The Morgan fingerprint density at radius 2 is 2.50 bits per heavy atom. The van der Waals surface area contributed by atoms with Crippen molar-refractivity contribution in [2.45, 2.75) is 6.42 Å². The number of aromatic carboxylic acids is 1. The van der Waals surface area contributed by atoms with E-state index < -0.39 is 5.97 Å². The predicted molar refractivity (Wildman–Crippen MR) is 56.2 cm³/mol. The van der Waals surface area contributed by atoms with E-state index in [0.717, 1.165) is 0 Å². The number of aromatic nitrogens is 2. The minimum Gasteiger partial charge on any atom is -0.477 e. The molecule has 1 unspecified atom stereocenters. The molecule has 0 saturated carbocycles. The third kappa shape index (κ3) is 1.58. The van der Waals surface area contributed by atoms with E-state index in [9.17, 15) is 9.59 Å². The summed E-state index contributed by atoms with van der Waals surface area (Å²) >= 11 is 0. The van der Waals surface area contributed by atoms with Gasteiger partial charge in [0.15, 0.2) is 0 Å². The van der Waals surface area contributed by atoms with Crippen molar-refractivity contribution in [3.8, 4) is 0 Å². The molecule has 0 aromatic carbocycles. The molecule has 0 spiro atoms. The molecule has 0 aliphatic carbocycles. The first-order valence-electron chi connectivity index (χ1n) is 4.83. The number of carbonyl (C=O) groups excluding carboxylic acids is 1. The molecule has 16 heavy (non-hydrogen) atoms. The van der Waals surface area contributed by atoms with Crippen LogP contribution in [0.5, 0.6) is 0 Å². The lowest BCUT2D eigenvalue weighted by Gasteiger charge is -2.14. The van der Waals surface area contributed by atoms with E-state index in [1.54, 1.807) is 6.08 Å². The second-order valence-electron chi connectivity index (χ2n) is 3.64. The second kappa shape index (κ2) is 3.80. The maximum Gasteiger partial charge on any atom is 0.341 e. The molecule has 1 atom stereocenters. The SMILES string of the molecule is C=CC1CC(=O)N(c2[nH]ncc2C(=O)O)C1. The van der Waals surface area contributed by atoms with Crippen LogP contribution in [-0.4, -0.2) is 33.7 Å². The summed E-state index contributed by atoms with van der Waals surface area (Å²) in [5.41, 5.74) is 0.0121. The van der Waals surface area contributed by atoms with E-state index in [1.165, 1.54) is 11.1 Å². The van der Waals surface area contributed by atoms with Gasteiger partial charge < -0.3 is 5.11 Å². The zero-order valence-corrected chi connectivity index (χ0v) is 8.51. The number of amides is 1. The van der Waals surface area contributed by atoms with Crippen LogP contribution < -0.4 is 4.90 Å². The van der Waals surface area contributed by atoms with Gasteiger partial charge in [-0.1, -0.05) is 6.08 Å². The van der Waals surface area contributed by atoms with Crippen molar-refractivity contribution in [3.05, 3.63) is 24.4 Å². The van der Waals surface area contributed by atoms with Crippen molar-refractivity contribution < 1.29 is 14.7 Å². The molecule has 0 bridgehead atoms. The largest absolute Gasteiger partial charge is 0.477 e. The molecule has 1 fully saturated rings. The molecule has 6 nitrogen and oxygen atoms in total. The summed E-state index contributed by atoms with van der Waals surface area (Å²) in [6.45, 7) is 4.08. The standard InChI is InChI=1S/C10H11N3O3/c1-2-6-3-8(14)13(5-6)9-7(10(15)16)4-11-12-9/h2,4,6H,1,3,5H2,(H,11,12)(H,15,16). The highest BCUT2D eigenvalue weighted by Crippen LogP contribution is 2.26. The topological polar surface area (TPSA) is 86.3 Å². The van der Waals surface area contributed by atoms with Crippen LogP contribution in [0.3, 0.4) is 0 Å². The Hall–Kier alpha value is -2.11. The number of hydrogen-bond acceptors (Lipinski definition) is 3. The fraction of sp³-hybridized carbons (Fsp3) is 0.300. The van der Waals surface area contributed by atoms with E-state index in [2.05, 4.69) is 16.8 Å². The molecule has 2 heterocycles. The molecule has 1 saturated heterocycles. The van der Waals surface area contributed by atoms with Gasteiger partial charge >= 0.3 is 5.97 Å². The van der Waals surface area contributed by atoms with Crippen LogP contribution in [0.4, 0.5) is 5.82 Å². The van der Waals surface area contributed by atoms with Gasteiger partial charge in [0.05, 0.1) is 6.20 Å². The lowest BCUT2D eigenvalue weighted by Crippen LogP contribution is -2.26. The summed E-state index contributed by atoms with van der Waals surface area (Å²) in [6.07, 6.45) is 3.27. The lowest BCUT2D eigenvalue weighted by atomic mass is 10.1. The molecule has 0 radical (unpaired) electrons. The van der Waals surface area contributed by atoms with Gasteiger partial charge in [0, 0.05) is 18.9 Å². The van der Waals surface area contributed by atoms with Crippen molar-refractivity contribution in [1.29, 1.82) is 0 Å². The van der Waals surface area contributed by atoms with Crippen molar-refractivity contribution in [2.75, 3.05) is 11.4 Å². The highest BCUT2D eigenvalue weighted by Gasteiger charge is 2.32. The third-order valence-electron chi connectivity index (χ3n) is 2.61. The zero-order valence-electron chi connectivity index (χ0n) is 8.51. The number of carboxylic acids is 1. The highest BCUT2D eigenvalue weighted by atomic mass is 16.4. The number of carboxylic acid groups (broad SMARTS) is 1. The number of nitrogens with one attached hydrogen (secondary N) is 1. The first kappa shape index (κ1) is 10.4. The molecule has 2 N–H and O–H groups in total. The van der Waals surface area contributed by atoms with Gasteiger partial charge in [-0.05, 0) is 0 Å². The normalized spacial score (nSPS) is 20.1. The Morgan fingerprint density at radius 3 is 3.06 bits per heavy atom. The first-order chi connectivity index (χ1) is 7.63. The summed E-state index contributed by atoms with van der Waals surface area (Å²) in [4.78, 5) is 23.9. The van der Waals surface area contributed by atoms with Crippen molar-refractivity contribution in [2.24, 2.45) is 5.92 Å². The fourth-order valence-electron chi connectivity index (χ4n) is 1.75. The van der Waals surface area contributed by atoms with Gasteiger partial charge in [-0.3, -0.25) is 14.8 Å². The van der Waals surface area contributed by atoms with Crippen molar-refractivity contribution in [1.82, 2.24) is 10.2 Å². The van der Waals surface area contributed by atoms with Crippen LogP contribution in [0.1, 0.15) is 16.8 Å². The van der Waals surface area contributed by atoms with Gasteiger partial charge in [0.2, 0.25) is 5.91 Å². The van der Waals surface area contributed by atoms with Crippen LogP contribution >= 0.6 is 0 Å². The number of carbonyl (C=O) groups is 2. The number of rotatable bonds is 3. The molecule has 1 aliphatic heterocycles. The Labute approximate surface area is 91.6 Å². The minimum atomic E-state index is -1.10. The zero-order chi connectivity index (χ0) is 11.7. The number of hydrogen-bond donors (Lipinski definition) is 2. The fourth-order valence-corrected chi connectivity index (χ4v) is 1.75. The Kier molecular flexibility index (Phi) is 2.47. The molecule has 1 amide bonds. The summed E-state index contributed by atoms with van der Waals surface area (Å²) in [7, 11) is 0. The molecule has 6 heteroatoms. The number of H-pyrrole nitrogens is 1. The van der Waals surface area contributed by atoms with E-state index in [4.69, 9.17) is 5.11 Å². The smallest absolute Gasteiger partial charge is 0.341 e. The Bertz CT molecular complexity index is 452. The summed E-state index contributed by atoms with van der Waals surface area (Å²) in [5.74, 6) is -0.894. The maximum absolute atomic E-state index is 11.7. The molecule has 1 aromatic rings. The Morgan fingerprint density at radius 1 is 1.75 bits per heavy atom. The Balaban J connectivity index is 2.31. The molecule has 84 valence electrons. The highest BCUT2D eigenvalue weighted by molar-refractivity contribution is 6.01. The average Bonchev–Trinajstić information content (AvgIpc) is 2.82. The van der Waals surface area contributed by atoms with E-state index in [1.807, 2.05) is 0 Å². The van der Waals surface area contributed by atoms with Gasteiger partial charge in [-0.2, -0.15) is 5.10 Å². The molecule has 2 rings (SSSR count). The van der Waals surface area contributed by atoms with Gasteiger partial charge in [0.1, 0.15) is 11.4 Å². The van der Waals surface area contributed by atoms with Gasteiger partial charge in [-0.25, -0.2) is 4.79 Å².